The topological polar surface area (TPSA) is 53.1 Å². The summed E-state index contributed by atoms with van der Waals surface area (Å²) in [4.78, 5) is 31.1. The van der Waals surface area contributed by atoms with E-state index in [0.717, 1.165) is 42.7 Å². The standard InChI is InChI=1S/C21H30BrN3O3/c1-17-5-2-3-9-25(17)21(27)16-23-10-12-24(13-11-23)20(26)8-14-28-19-7-4-6-18(22)15-19/h4,6-7,15,17H,2-3,5,8-14,16H2,1H3. The van der Waals surface area contributed by atoms with Crippen molar-refractivity contribution < 1.29 is 14.3 Å². The summed E-state index contributed by atoms with van der Waals surface area (Å²) in [5.74, 6) is 1.11. The zero-order valence-electron chi connectivity index (χ0n) is 16.6. The molecule has 2 heterocycles. The van der Waals surface area contributed by atoms with E-state index < -0.39 is 0 Å². The number of hydrogen-bond donors (Lipinski definition) is 0. The molecule has 0 saturated carbocycles. The van der Waals surface area contributed by atoms with Crippen molar-refractivity contribution in [2.45, 2.75) is 38.6 Å². The number of piperidine rings is 1. The van der Waals surface area contributed by atoms with E-state index in [1.54, 1.807) is 0 Å². The highest BCUT2D eigenvalue weighted by molar-refractivity contribution is 9.10. The Hall–Kier alpha value is -1.60. The maximum Gasteiger partial charge on any atom is 0.236 e. The first-order valence-electron chi connectivity index (χ1n) is 10.2. The molecular formula is C21H30BrN3O3. The van der Waals surface area contributed by atoms with Crippen LogP contribution < -0.4 is 4.74 Å². The van der Waals surface area contributed by atoms with Crippen molar-refractivity contribution in [2.75, 3.05) is 45.9 Å². The maximum atomic E-state index is 12.6. The van der Waals surface area contributed by atoms with E-state index in [2.05, 4.69) is 27.8 Å². The summed E-state index contributed by atoms with van der Waals surface area (Å²) in [5.41, 5.74) is 0. The monoisotopic (exact) mass is 451 g/mol. The van der Waals surface area contributed by atoms with Crippen LogP contribution in [0.25, 0.3) is 0 Å². The molecule has 0 aliphatic carbocycles. The fourth-order valence-electron chi connectivity index (χ4n) is 3.88. The molecule has 1 atom stereocenters. The van der Waals surface area contributed by atoms with E-state index in [-0.39, 0.29) is 11.8 Å². The molecule has 7 heteroatoms. The Morgan fingerprint density at radius 2 is 1.89 bits per heavy atom. The highest BCUT2D eigenvalue weighted by Crippen LogP contribution is 2.18. The molecule has 0 aromatic heterocycles. The van der Waals surface area contributed by atoms with Crippen molar-refractivity contribution in [3.8, 4) is 5.75 Å². The number of carbonyl (C=O) groups is 2. The van der Waals surface area contributed by atoms with Crippen LogP contribution in [0.5, 0.6) is 5.75 Å². The summed E-state index contributed by atoms with van der Waals surface area (Å²) < 4.78 is 6.62. The molecule has 154 valence electrons. The third-order valence-corrected chi connectivity index (χ3v) is 6.08. The van der Waals surface area contributed by atoms with Gasteiger partial charge in [0.1, 0.15) is 5.75 Å². The quantitative estimate of drug-likeness (QED) is 0.666. The number of benzene rings is 1. The van der Waals surface area contributed by atoms with E-state index in [1.807, 2.05) is 34.1 Å². The Bertz CT molecular complexity index is 677. The van der Waals surface area contributed by atoms with Gasteiger partial charge in [0.25, 0.3) is 0 Å². The van der Waals surface area contributed by atoms with Gasteiger partial charge in [-0.1, -0.05) is 22.0 Å². The van der Waals surface area contributed by atoms with Crippen molar-refractivity contribution in [2.24, 2.45) is 0 Å². The number of ether oxygens (including phenoxy) is 1. The second-order valence-electron chi connectivity index (χ2n) is 7.64. The van der Waals surface area contributed by atoms with E-state index in [1.165, 1.54) is 6.42 Å². The summed E-state index contributed by atoms with van der Waals surface area (Å²) in [6.07, 6.45) is 3.81. The lowest BCUT2D eigenvalue weighted by molar-refractivity contribution is -0.137. The van der Waals surface area contributed by atoms with Gasteiger partial charge in [-0.3, -0.25) is 14.5 Å². The molecule has 0 spiro atoms. The van der Waals surface area contributed by atoms with Crippen LogP contribution in [0.3, 0.4) is 0 Å². The lowest BCUT2D eigenvalue weighted by Crippen LogP contribution is -2.53. The van der Waals surface area contributed by atoms with Crippen LogP contribution in [0.1, 0.15) is 32.6 Å². The number of likely N-dealkylation sites (tertiary alicyclic amines) is 1. The van der Waals surface area contributed by atoms with Gasteiger partial charge in [-0.2, -0.15) is 0 Å². The number of amides is 2. The smallest absolute Gasteiger partial charge is 0.236 e. The molecule has 0 N–H and O–H groups in total. The molecule has 28 heavy (non-hydrogen) atoms. The van der Waals surface area contributed by atoms with Crippen molar-refractivity contribution >= 4 is 27.7 Å². The zero-order chi connectivity index (χ0) is 19.9. The number of rotatable bonds is 6. The van der Waals surface area contributed by atoms with Gasteiger partial charge < -0.3 is 14.5 Å². The van der Waals surface area contributed by atoms with Gasteiger partial charge in [0, 0.05) is 43.2 Å². The molecule has 0 radical (unpaired) electrons. The largest absolute Gasteiger partial charge is 0.493 e. The number of halogens is 1. The highest BCUT2D eigenvalue weighted by atomic mass is 79.9. The second kappa shape index (κ2) is 10.3. The van der Waals surface area contributed by atoms with Crippen LogP contribution in [0.4, 0.5) is 0 Å². The van der Waals surface area contributed by atoms with E-state index in [9.17, 15) is 9.59 Å². The minimum Gasteiger partial charge on any atom is -0.493 e. The lowest BCUT2D eigenvalue weighted by atomic mass is 10.0. The first-order chi connectivity index (χ1) is 13.5. The van der Waals surface area contributed by atoms with Gasteiger partial charge in [0.15, 0.2) is 0 Å². The fraction of sp³-hybridized carbons (Fsp3) is 0.619. The molecular weight excluding hydrogens is 422 g/mol. The van der Waals surface area contributed by atoms with E-state index in [4.69, 9.17) is 4.74 Å². The maximum absolute atomic E-state index is 12.6. The molecule has 1 aromatic rings. The van der Waals surface area contributed by atoms with Crippen LogP contribution in [-0.4, -0.2) is 78.4 Å². The predicted octanol–water partition coefficient (Wildman–Crippen LogP) is 2.76. The third kappa shape index (κ3) is 5.95. The van der Waals surface area contributed by atoms with Gasteiger partial charge in [0.2, 0.25) is 11.8 Å². The van der Waals surface area contributed by atoms with Crippen LogP contribution in [-0.2, 0) is 9.59 Å². The van der Waals surface area contributed by atoms with Crippen LogP contribution in [0.2, 0.25) is 0 Å². The average Bonchev–Trinajstić information content (AvgIpc) is 2.69. The van der Waals surface area contributed by atoms with Crippen molar-refractivity contribution in [3.63, 3.8) is 0 Å². The Balaban J connectivity index is 1.36. The molecule has 2 saturated heterocycles. The summed E-state index contributed by atoms with van der Waals surface area (Å²) >= 11 is 3.41. The summed E-state index contributed by atoms with van der Waals surface area (Å²) in [6.45, 7) is 6.75. The number of nitrogens with zero attached hydrogens (tertiary/aromatic N) is 3. The molecule has 2 fully saturated rings. The minimum atomic E-state index is 0.116. The second-order valence-corrected chi connectivity index (χ2v) is 8.56. The van der Waals surface area contributed by atoms with Crippen molar-refractivity contribution in [1.82, 2.24) is 14.7 Å². The van der Waals surface area contributed by atoms with Crippen LogP contribution >= 0.6 is 15.9 Å². The SMILES string of the molecule is CC1CCCCN1C(=O)CN1CCN(C(=O)CCOc2cccc(Br)c2)CC1. The predicted molar refractivity (Wildman–Crippen MR) is 112 cm³/mol. The zero-order valence-corrected chi connectivity index (χ0v) is 18.2. The normalized spacial score (nSPS) is 20.9. The molecule has 2 aliphatic heterocycles. The first-order valence-corrected chi connectivity index (χ1v) is 11.0. The fourth-order valence-corrected chi connectivity index (χ4v) is 4.26. The molecule has 1 unspecified atom stereocenters. The molecule has 3 rings (SSSR count). The Morgan fingerprint density at radius 3 is 2.61 bits per heavy atom. The van der Waals surface area contributed by atoms with Gasteiger partial charge >= 0.3 is 0 Å². The minimum absolute atomic E-state index is 0.116. The van der Waals surface area contributed by atoms with E-state index >= 15 is 0 Å². The molecule has 2 amide bonds. The third-order valence-electron chi connectivity index (χ3n) is 5.59. The summed E-state index contributed by atoms with van der Waals surface area (Å²) in [7, 11) is 0. The van der Waals surface area contributed by atoms with Crippen LogP contribution in [0, 0.1) is 0 Å². The molecule has 0 bridgehead atoms. The first kappa shape index (κ1) is 21.1. The van der Waals surface area contributed by atoms with Gasteiger partial charge in [-0.05, 0) is 44.4 Å². The van der Waals surface area contributed by atoms with Crippen LogP contribution in [0.15, 0.2) is 28.7 Å². The number of carbonyl (C=O) groups excluding carboxylic acids is 2. The Labute approximate surface area is 175 Å². The average molecular weight is 452 g/mol. The Morgan fingerprint density at radius 1 is 1.11 bits per heavy atom. The van der Waals surface area contributed by atoms with Crippen molar-refractivity contribution in [1.29, 1.82) is 0 Å². The summed E-state index contributed by atoms with van der Waals surface area (Å²) in [5, 5.41) is 0. The lowest BCUT2D eigenvalue weighted by Gasteiger charge is -2.38. The molecule has 1 aromatic carbocycles. The molecule has 2 aliphatic rings. The van der Waals surface area contributed by atoms with Gasteiger partial charge in [-0.15, -0.1) is 0 Å². The number of hydrogen-bond acceptors (Lipinski definition) is 4. The Kier molecular flexibility index (Phi) is 7.73. The van der Waals surface area contributed by atoms with E-state index in [0.29, 0.717) is 38.7 Å². The molecule has 6 nitrogen and oxygen atoms in total. The highest BCUT2D eigenvalue weighted by Gasteiger charge is 2.27. The van der Waals surface area contributed by atoms with Gasteiger partial charge in [-0.25, -0.2) is 0 Å². The number of piperazine rings is 1. The summed E-state index contributed by atoms with van der Waals surface area (Å²) in [6, 6.07) is 7.98. The van der Waals surface area contributed by atoms with Crippen molar-refractivity contribution in [3.05, 3.63) is 28.7 Å². The van der Waals surface area contributed by atoms with Gasteiger partial charge in [0.05, 0.1) is 19.6 Å².